The quantitative estimate of drug-likeness (QED) is 0.575. The predicted octanol–water partition coefficient (Wildman–Crippen LogP) is 0.0852. The number of carboxylic acids is 1. The molecule has 0 atom stereocenters. The van der Waals surface area contributed by atoms with Gasteiger partial charge in [0.1, 0.15) is 0 Å². The maximum atomic E-state index is 10.8. The van der Waals surface area contributed by atoms with Crippen LogP contribution in [0.5, 0.6) is 0 Å². The van der Waals surface area contributed by atoms with Gasteiger partial charge in [-0.2, -0.15) is 0 Å². The Labute approximate surface area is 106 Å². The van der Waals surface area contributed by atoms with Crippen molar-refractivity contribution in [3.63, 3.8) is 0 Å². The van der Waals surface area contributed by atoms with Gasteiger partial charge in [-0.05, 0) is 11.1 Å². The maximum Gasteiger partial charge on any atom is 0.305 e. The molecule has 0 radical (unpaired) electrons. The SMILES string of the molecule is O=C(O)CC1(NCc2cccc(CO)c2)CNC1. The first-order valence-corrected chi connectivity index (χ1v) is 6.00. The van der Waals surface area contributed by atoms with Crippen LogP contribution in [0.3, 0.4) is 0 Å². The molecule has 18 heavy (non-hydrogen) atoms. The highest BCUT2D eigenvalue weighted by molar-refractivity contribution is 5.68. The van der Waals surface area contributed by atoms with Gasteiger partial charge in [-0.3, -0.25) is 4.79 Å². The Morgan fingerprint density at radius 1 is 1.39 bits per heavy atom. The zero-order valence-corrected chi connectivity index (χ0v) is 10.1. The topological polar surface area (TPSA) is 81.6 Å². The summed E-state index contributed by atoms with van der Waals surface area (Å²) in [6.45, 7) is 2.00. The highest BCUT2D eigenvalue weighted by Crippen LogP contribution is 2.17. The molecule has 1 aromatic rings. The highest BCUT2D eigenvalue weighted by Gasteiger charge is 2.38. The normalized spacial score (nSPS) is 17.2. The molecule has 1 aliphatic rings. The summed E-state index contributed by atoms with van der Waals surface area (Å²) < 4.78 is 0. The first-order valence-electron chi connectivity index (χ1n) is 6.00. The van der Waals surface area contributed by atoms with Crippen molar-refractivity contribution >= 4 is 5.97 Å². The minimum atomic E-state index is -0.784. The smallest absolute Gasteiger partial charge is 0.305 e. The van der Waals surface area contributed by atoms with E-state index >= 15 is 0 Å². The summed E-state index contributed by atoms with van der Waals surface area (Å²) in [5.41, 5.74) is 1.59. The van der Waals surface area contributed by atoms with Crippen molar-refractivity contribution < 1.29 is 15.0 Å². The minimum Gasteiger partial charge on any atom is -0.481 e. The molecule has 1 heterocycles. The molecule has 98 valence electrons. The van der Waals surface area contributed by atoms with Gasteiger partial charge in [-0.1, -0.05) is 24.3 Å². The number of aliphatic hydroxyl groups is 1. The molecule has 5 nitrogen and oxygen atoms in total. The summed E-state index contributed by atoms with van der Waals surface area (Å²) in [7, 11) is 0. The Bertz CT molecular complexity index is 430. The Morgan fingerprint density at radius 2 is 2.11 bits per heavy atom. The van der Waals surface area contributed by atoms with Crippen LogP contribution in [0.15, 0.2) is 24.3 Å². The van der Waals surface area contributed by atoms with E-state index in [0.29, 0.717) is 19.6 Å². The molecule has 0 bridgehead atoms. The van der Waals surface area contributed by atoms with Gasteiger partial charge in [0, 0.05) is 19.6 Å². The van der Waals surface area contributed by atoms with E-state index in [4.69, 9.17) is 10.2 Å². The van der Waals surface area contributed by atoms with E-state index in [2.05, 4.69) is 10.6 Å². The summed E-state index contributed by atoms with van der Waals surface area (Å²) in [5.74, 6) is -0.784. The second-order valence-corrected chi connectivity index (χ2v) is 4.79. The minimum absolute atomic E-state index is 0.0235. The third kappa shape index (κ3) is 3.07. The number of benzene rings is 1. The van der Waals surface area contributed by atoms with Crippen molar-refractivity contribution in [2.45, 2.75) is 25.1 Å². The molecule has 0 aliphatic carbocycles. The second kappa shape index (κ2) is 5.48. The van der Waals surface area contributed by atoms with Gasteiger partial charge in [0.2, 0.25) is 0 Å². The van der Waals surface area contributed by atoms with E-state index in [1.165, 1.54) is 0 Å². The van der Waals surface area contributed by atoms with E-state index in [-0.39, 0.29) is 18.6 Å². The lowest BCUT2D eigenvalue weighted by atomic mass is 9.88. The fourth-order valence-electron chi connectivity index (χ4n) is 2.16. The lowest BCUT2D eigenvalue weighted by molar-refractivity contribution is -0.139. The number of carboxylic acid groups (broad SMARTS) is 1. The molecule has 0 amide bonds. The fourth-order valence-corrected chi connectivity index (χ4v) is 2.16. The summed E-state index contributed by atoms with van der Waals surface area (Å²) in [6.07, 6.45) is 0.125. The van der Waals surface area contributed by atoms with Crippen LogP contribution >= 0.6 is 0 Å². The first-order chi connectivity index (χ1) is 8.63. The zero-order chi connectivity index (χ0) is 13.0. The van der Waals surface area contributed by atoms with Crippen molar-refractivity contribution in [1.82, 2.24) is 10.6 Å². The molecular weight excluding hydrogens is 232 g/mol. The van der Waals surface area contributed by atoms with Crippen LogP contribution in [0.4, 0.5) is 0 Å². The average Bonchev–Trinajstić information content (AvgIpc) is 2.32. The molecular formula is C13H18N2O3. The van der Waals surface area contributed by atoms with Gasteiger partial charge in [0.15, 0.2) is 0 Å². The Morgan fingerprint density at radius 3 is 2.67 bits per heavy atom. The molecule has 4 N–H and O–H groups in total. The van der Waals surface area contributed by atoms with Crippen LogP contribution in [0.1, 0.15) is 17.5 Å². The zero-order valence-electron chi connectivity index (χ0n) is 10.1. The summed E-state index contributed by atoms with van der Waals surface area (Å²) in [6, 6.07) is 7.65. The number of rotatable bonds is 6. The Hall–Kier alpha value is -1.43. The molecule has 5 heteroatoms. The fraction of sp³-hybridized carbons (Fsp3) is 0.462. The molecule has 2 rings (SSSR count). The van der Waals surface area contributed by atoms with Crippen LogP contribution in [0.2, 0.25) is 0 Å². The molecule has 1 fully saturated rings. The van der Waals surface area contributed by atoms with E-state index in [1.54, 1.807) is 0 Å². The lowest BCUT2D eigenvalue weighted by Crippen LogP contribution is -2.68. The first kappa shape index (κ1) is 13.0. The Balaban J connectivity index is 1.95. The largest absolute Gasteiger partial charge is 0.481 e. The third-order valence-corrected chi connectivity index (χ3v) is 3.26. The van der Waals surface area contributed by atoms with Gasteiger partial charge in [0.05, 0.1) is 18.6 Å². The van der Waals surface area contributed by atoms with Crippen LogP contribution < -0.4 is 10.6 Å². The van der Waals surface area contributed by atoms with Crippen LogP contribution in [0, 0.1) is 0 Å². The van der Waals surface area contributed by atoms with Gasteiger partial charge in [-0.15, -0.1) is 0 Å². The summed E-state index contributed by atoms with van der Waals surface area (Å²) >= 11 is 0. The average molecular weight is 250 g/mol. The number of carbonyl (C=O) groups is 1. The van der Waals surface area contributed by atoms with Crippen molar-refractivity contribution in [1.29, 1.82) is 0 Å². The van der Waals surface area contributed by atoms with Crippen molar-refractivity contribution in [2.75, 3.05) is 13.1 Å². The molecule has 0 unspecified atom stereocenters. The van der Waals surface area contributed by atoms with Gasteiger partial charge < -0.3 is 20.8 Å². The van der Waals surface area contributed by atoms with Crippen molar-refractivity contribution in [3.8, 4) is 0 Å². The molecule has 0 spiro atoms. The number of nitrogens with one attached hydrogen (secondary N) is 2. The standard InChI is InChI=1S/C13H18N2O3/c16-7-11-3-1-2-10(4-11)6-15-13(5-12(17)18)8-14-9-13/h1-4,14-16H,5-9H2,(H,17,18). The lowest BCUT2D eigenvalue weighted by Gasteiger charge is -2.42. The van der Waals surface area contributed by atoms with E-state index in [9.17, 15) is 4.79 Å². The molecule has 0 saturated carbocycles. The molecule has 1 aromatic carbocycles. The third-order valence-electron chi connectivity index (χ3n) is 3.26. The number of hydrogen-bond donors (Lipinski definition) is 4. The summed E-state index contributed by atoms with van der Waals surface area (Å²) in [5, 5.41) is 24.4. The van der Waals surface area contributed by atoms with Gasteiger partial charge in [-0.25, -0.2) is 0 Å². The molecule has 0 aromatic heterocycles. The van der Waals surface area contributed by atoms with Crippen LogP contribution in [0.25, 0.3) is 0 Å². The van der Waals surface area contributed by atoms with Crippen LogP contribution in [-0.2, 0) is 17.9 Å². The van der Waals surface area contributed by atoms with Crippen molar-refractivity contribution in [3.05, 3.63) is 35.4 Å². The Kier molecular flexibility index (Phi) is 3.96. The van der Waals surface area contributed by atoms with Crippen LogP contribution in [-0.4, -0.2) is 34.8 Å². The molecule has 1 saturated heterocycles. The van der Waals surface area contributed by atoms with Crippen molar-refractivity contribution in [2.24, 2.45) is 0 Å². The van der Waals surface area contributed by atoms with E-state index in [0.717, 1.165) is 11.1 Å². The maximum absolute atomic E-state index is 10.8. The predicted molar refractivity (Wildman–Crippen MR) is 67.1 cm³/mol. The number of hydrogen-bond acceptors (Lipinski definition) is 4. The highest BCUT2D eigenvalue weighted by atomic mass is 16.4. The van der Waals surface area contributed by atoms with Gasteiger partial charge in [0.25, 0.3) is 0 Å². The number of aliphatic carboxylic acids is 1. The van der Waals surface area contributed by atoms with Gasteiger partial charge >= 0.3 is 5.97 Å². The summed E-state index contributed by atoms with van der Waals surface area (Å²) in [4.78, 5) is 10.8. The van der Waals surface area contributed by atoms with E-state index in [1.807, 2.05) is 24.3 Å². The monoisotopic (exact) mass is 250 g/mol. The van der Waals surface area contributed by atoms with E-state index < -0.39 is 5.97 Å². The second-order valence-electron chi connectivity index (χ2n) is 4.79. The molecule has 1 aliphatic heterocycles. The number of aliphatic hydroxyl groups excluding tert-OH is 1.